The van der Waals surface area contributed by atoms with Gasteiger partial charge in [-0.2, -0.15) is 0 Å². The van der Waals surface area contributed by atoms with Gasteiger partial charge in [0.2, 0.25) is 0 Å². The van der Waals surface area contributed by atoms with Crippen molar-refractivity contribution in [2.24, 2.45) is 5.73 Å². The molecule has 0 saturated heterocycles. The number of hydrogen-bond donors (Lipinski definition) is 2. The third kappa shape index (κ3) is 3.45. The highest BCUT2D eigenvalue weighted by atomic mass is 16.5. The Kier molecular flexibility index (Phi) is 4.97. The Morgan fingerprint density at radius 3 is 2.47 bits per heavy atom. The minimum absolute atomic E-state index is 0.0541. The van der Waals surface area contributed by atoms with Crippen molar-refractivity contribution < 1.29 is 9.84 Å². The molecule has 0 heterocycles. The van der Waals surface area contributed by atoms with Crippen LogP contribution in [0, 0.1) is 20.8 Å². The fraction of sp³-hybridized carbons (Fsp3) is 0.571. The highest BCUT2D eigenvalue weighted by Crippen LogP contribution is 2.24. The van der Waals surface area contributed by atoms with Crippen LogP contribution < -0.4 is 10.5 Å². The van der Waals surface area contributed by atoms with Crippen LogP contribution in [0.25, 0.3) is 0 Å². The van der Waals surface area contributed by atoms with Gasteiger partial charge in [0.15, 0.2) is 0 Å². The van der Waals surface area contributed by atoms with E-state index in [9.17, 15) is 5.11 Å². The van der Waals surface area contributed by atoms with E-state index < -0.39 is 0 Å². The normalized spacial score (nSPS) is 14.5. The number of hydrogen-bond acceptors (Lipinski definition) is 3. The summed E-state index contributed by atoms with van der Waals surface area (Å²) >= 11 is 0. The van der Waals surface area contributed by atoms with Gasteiger partial charge in [-0.1, -0.05) is 13.0 Å². The predicted molar refractivity (Wildman–Crippen MR) is 70.4 cm³/mol. The first kappa shape index (κ1) is 14.0. The average Bonchev–Trinajstić information content (AvgIpc) is 2.30. The van der Waals surface area contributed by atoms with Gasteiger partial charge >= 0.3 is 0 Å². The molecule has 0 fully saturated rings. The van der Waals surface area contributed by atoms with Crippen molar-refractivity contribution >= 4 is 0 Å². The van der Waals surface area contributed by atoms with E-state index in [-0.39, 0.29) is 18.8 Å². The van der Waals surface area contributed by atoms with Crippen LogP contribution in [0.15, 0.2) is 12.1 Å². The summed E-state index contributed by atoms with van der Waals surface area (Å²) in [6.45, 7) is 8.05. The summed E-state index contributed by atoms with van der Waals surface area (Å²) in [6.07, 6.45) is 0.453. The lowest BCUT2D eigenvalue weighted by molar-refractivity contribution is 0.0925. The van der Waals surface area contributed by atoms with Crippen LogP contribution in [-0.4, -0.2) is 23.9 Å². The number of aryl methyl sites for hydroxylation is 2. The zero-order chi connectivity index (χ0) is 13.0. The van der Waals surface area contributed by atoms with Crippen LogP contribution in [0.3, 0.4) is 0 Å². The van der Waals surface area contributed by atoms with Crippen molar-refractivity contribution in [2.45, 2.75) is 46.3 Å². The smallest absolute Gasteiger partial charge is 0.137 e. The Bertz CT molecular complexity index is 377. The Morgan fingerprint density at radius 1 is 1.29 bits per heavy atom. The SMILES string of the molecule is CCC(N)C(CO)Oc1cc(C)cc(C)c1C. The summed E-state index contributed by atoms with van der Waals surface area (Å²) in [5.41, 5.74) is 9.38. The Labute approximate surface area is 104 Å². The van der Waals surface area contributed by atoms with Crippen molar-refractivity contribution in [3.05, 3.63) is 28.8 Å². The summed E-state index contributed by atoms with van der Waals surface area (Å²) in [4.78, 5) is 0. The molecule has 17 heavy (non-hydrogen) atoms. The zero-order valence-electron chi connectivity index (χ0n) is 11.2. The number of aliphatic hydroxyl groups excluding tert-OH is 1. The molecule has 0 aliphatic carbocycles. The van der Waals surface area contributed by atoms with E-state index in [1.165, 1.54) is 5.56 Å². The molecule has 0 radical (unpaired) electrons. The molecule has 3 heteroatoms. The maximum Gasteiger partial charge on any atom is 0.137 e. The van der Waals surface area contributed by atoms with Gasteiger partial charge in [0.1, 0.15) is 11.9 Å². The van der Waals surface area contributed by atoms with Crippen LogP contribution in [-0.2, 0) is 0 Å². The molecule has 3 nitrogen and oxygen atoms in total. The highest BCUT2D eigenvalue weighted by Gasteiger charge is 2.18. The molecule has 0 saturated carbocycles. The minimum atomic E-state index is -0.333. The summed E-state index contributed by atoms with van der Waals surface area (Å²) in [6, 6.07) is 3.98. The zero-order valence-corrected chi connectivity index (χ0v) is 11.2. The maximum absolute atomic E-state index is 9.31. The number of rotatable bonds is 5. The summed E-state index contributed by atoms with van der Waals surface area (Å²) in [5.74, 6) is 0.824. The molecule has 1 rings (SSSR count). The molecule has 0 bridgehead atoms. The maximum atomic E-state index is 9.31. The van der Waals surface area contributed by atoms with E-state index in [1.54, 1.807) is 0 Å². The van der Waals surface area contributed by atoms with Crippen molar-refractivity contribution in [2.75, 3.05) is 6.61 Å². The van der Waals surface area contributed by atoms with E-state index in [4.69, 9.17) is 10.5 Å². The quantitative estimate of drug-likeness (QED) is 0.824. The summed E-state index contributed by atoms with van der Waals surface area (Å²) < 4.78 is 5.83. The first-order valence-electron chi connectivity index (χ1n) is 6.10. The van der Waals surface area contributed by atoms with Crippen molar-refractivity contribution in [1.82, 2.24) is 0 Å². The second-order valence-electron chi connectivity index (χ2n) is 4.62. The average molecular weight is 237 g/mol. The van der Waals surface area contributed by atoms with Crippen molar-refractivity contribution in [3.63, 3.8) is 0 Å². The van der Waals surface area contributed by atoms with Gasteiger partial charge in [0, 0.05) is 6.04 Å². The largest absolute Gasteiger partial charge is 0.486 e. The third-order valence-electron chi connectivity index (χ3n) is 3.17. The van der Waals surface area contributed by atoms with Gasteiger partial charge < -0.3 is 15.6 Å². The lowest BCUT2D eigenvalue weighted by atomic mass is 10.1. The molecule has 0 aliphatic heterocycles. The summed E-state index contributed by atoms with van der Waals surface area (Å²) in [7, 11) is 0. The number of benzene rings is 1. The molecular formula is C14H23NO2. The van der Waals surface area contributed by atoms with E-state index in [1.807, 2.05) is 26.8 Å². The highest BCUT2D eigenvalue weighted by molar-refractivity contribution is 5.42. The van der Waals surface area contributed by atoms with Gasteiger partial charge in [-0.25, -0.2) is 0 Å². The van der Waals surface area contributed by atoms with Crippen LogP contribution in [0.2, 0.25) is 0 Å². The fourth-order valence-electron chi connectivity index (χ4n) is 1.81. The standard InChI is InChI=1S/C14H23NO2/c1-5-12(15)14(8-16)17-13-7-9(2)6-10(3)11(13)4/h6-7,12,14,16H,5,8,15H2,1-4H3. The van der Waals surface area contributed by atoms with Crippen molar-refractivity contribution in [1.29, 1.82) is 0 Å². The monoisotopic (exact) mass is 237 g/mol. The van der Waals surface area contributed by atoms with E-state index in [0.717, 1.165) is 23.3 Å². The second-order valence-corrected chi connectivity index (χ2v) is 4.62. The van der Waals surface area contributed by atoms with Crippen LogP contribution in [0.4, 0.5) is 0 Å². The Morgan fingerprint density at radius 2 is 1.94 bits per heavy atom. The van der Waals surface area contributed by atoms with Crippen LogP contribution >= 0.6 is 0 Å². The molecule has 0 spiro atoms. The van der Waals surface area contributed by atoms with E-state index in [0.29, 0.717) is 0 Å². The molecule has 1 aromatic carbocycles. The molecule has 0 amide bonds. The summed E-state index contributed by atoms with van der Waals surface area (Å²) in [5, 5.41) is 9.31. The number of ether oxygens (including phenoxy) is 1. The fourth-order valence-corrected chi connectivity index (χ4v) is 1.81. The second kappa shape index (κ2) is 6.03. The Balaban J connectivity index is 2.93. The molecule has 1 aromatic rings. The molecule has 2 atom stereocenters. The van der Waals surface area contributed by atoms with Gasteiger partial charge in [0.25, 0.3) is 0 Å². The molecule has 0 aromatic heterocycles. The first-order valence-corrected chi connectivity index (χ1v) is 6.10. The van der Waals surface area contributed by atoms with E-state index >= 15 is 0 Å². The lowest BCUT2D eigenvalue weighted by Gasteiger charge is -2.24. The number of nitrogens with two attached hydrogens (primary N) is 1. The molecule has 2 unspecified atom stereocenters. The lowest BCUT2D eigenvalue weighted by Crippen LogP contribution is -2.41. The van der Waals surface area contributed by atoms with Gasteiger partial charge in [-0.15, -0.1) is 0 Å². The van der Waals surface area contributed by atoms with Crippen LogP contribution in [0.1, 0.15) is 30.0 Å². The molecular weight excluding hydrogens is 214 g/mol. The van der Waals surface area contributed by atoms with Crippen LogP contribution in [0.5, 0.6) is 5.75 Å². The van der Waals surface area contributed by atoms with Gasteiger partial charge in [-0.05, 0) is 49.9 Å². The topological polar surface area (TPSA) is 55.5 Å². The molecule has 96 valence electrons. The Hall–Kier alpha value is -1.06. The van der Waals surface area contributed by atoms with Crippen molar-refractivity contribution in [3.8, 4) is 5.75 Å². The third-order valence-corrected chi connectivity index (χ3v) is 3.17. The minimum Gasteiger partial charge on any atom is -0.486 e. The predicted octanol–water partition coefficient (Wildman–Crippen LogP) is 2.09. The molecule has 3 N–H and O–H groups in total. The van der Waals surface area contributed by atoms with Gasteiger partial charge in [0.05, 0.1) is 6.61 Å². The first-order chi connectivity index (χ1) is 7.99. The molecule has 0 aliphatic rings. The van der Waals surface area contributed by atoms with Gasteiger partial charge in [-0.3, -0.25) is 0 Å². The number of aliphatic hydroxyl groups is 1. The van der Waals surface area contributed by atoms with E-state index in [2.05, 4.69) is 13.0 Å².